The average molecular weight is 304 g/mol. The van der Waals surface area contributed by atoms with Crippen molar-refractivity contribution in [2.24, 2.45) is 0 Å². The Morgan fingerprint density at radius 1 is 1.35 bits per heavy atom. The minimum absolute atomic E-state index is 0.484. The zero-order valence-electron chi connectivity index (χ0n) is 12.1. The van der Waals surface area contributed by atoms with Crippen LogP contribution in [0.4, 0.5) is 0 Å². The molecule has 4 heteroatoms. The summed E-state index contributed by atoms with van der Waals surface area (Å²) in [6.07, 6.45) is 2.19. The molecule has 2 nitrogen and oxygen atoms in total. The Kier molecular flexibility index (Phi) is 4.15. The van der Waals surface area contributed by atoms with Gasteiger partial charge >= 0.3 is 0 Å². The lowest BCUT2D eigenvalue weighted by Gasteiger charge is -2.21. The minimum atomic E-state index is 0.484. The number of thiazole rings is 1. The van der Waals surface area contributed by atoms with Gasteiger partial charge in [-0.15, -0.1) is 23.1 Å². The van der Waals surface area contributed by atoms with Crippen LogP contribution in [0.25, 0.3) is 0 Å². The molecule has 0 amide bonds. The number of likely N-dealkylation sites (N-methyl/N-ethyl adjacent to an activating group) is 1. The van der Waals surface area contributed by atoms with E-state index in [1.807, 2.05) is 23.1 Å². The second-order valence-electron chi connectivity index (χ2n) is 5.32. The molecule has 1 N–H and O–H groups in total. The second-order valence-corrected chi connectivity index (χ2v) is 7.89. The van der Waals surface area contributed by atoms with E-state index in [0.29, 0.717) is 11.3 Å². The van der Waals surface area contributed by atoms with E-state index >= 15 is 0 Å². The molecular formula is C16H20N2S2. The van der Waals surface area contributed by atoms with Crippen molar-refractivity contribution in [3.8, 4) is 0 Å². The van der Waals surface area contributed by atoms with Crippen molar-refractivity contribution in [1.82, 2.24) is 10.3 Å². The van der Waals surface area contributed by atoms with E-state index < -0.39 is 0 Å². The predicted molar refractivity (Wildman–Crippen MR) is 87.9 cm³/mol. The van der Waals surface area contributed by atoms with Gasteiger partial charge in [-0.3, -0.25) is 0 Å². The van der Waals surface area contributed by atoms with Crippen LogP contribution in [0.3, 0.4) is 0 Å². The van der Waals surface area contributed by atoms with E-state index in [4.69, 9.17) is 0 Å². The lowest BCUT2D eigenvalue weighted by molar-refractivity contribution is 0.536. The smallest absolute Gasteiger partial charge is 0.0946 e. The molecule has 1 aliphatic rings. The van der Waals surface area contributed by atoms with Gasteiger partial charge in [-0.25, -0.2) is 4.98 Å². The molecule has 20 heavy (non-hydrogen) atoms. The topological polar surface area (TPSA) is 24.9 Å². The van der Waals surface area contributed by atoms with Crippen LogP contribution < -0.4 is 5.32 Å². The first kappa shape index (κ1) is 14.1. The van der Waals surface area contributed by atoms with Crippen LogP contribution in [-0.4, -0.2) is 23.3 Å². The molecule has 2 atom stereocenters. The number of hydrogen-bond donors (Lipinski definition) is 1. The highest BCUT2D eigenvalue weighted by Crippen LogP contribution is 2.39. The van der Waals surface area contributed by atoms with Crippen LogP contribution in [0, 0.1) is 13.8 Å². The van der Waals surface area contributed by atoms with Crippen molar-refractivity contribution in [1.29, 1.82) is 0 Å². The van der Waals surface area contributed by atoms with Gasteiger partial charge in [0.05, 0.1) is 10.7 Å². The Labute approximate surface area is 129 Å². The first-order chi connectivity index (χ1) is 9.67. The van der Waals surface area contributed by atoms with Gasteiger partial charge in [-0.2, -0.15) is 0 Å². The quantitative estimate of drug-likeness (QED) is 0.934. The van der Waals surface area contributed by atoms with Crippen LogP contribution in [-0.2, 0) is 12.8 Å². The fourth-order valence-electron chi connectivity index (χ4n) is 2.67. The molecule has 0 radical (unpaired) electrons. The first-order valence-corrected chi connectivity index (χ1v) is 8.71. The molecule has 0 spiro atoms. The number of thioether (sulfide) groups is 1. The maximum Gasteiger partial charge on any atom is 0.0946 e. The summed E-state index contributed by atoms with van der Waals surface area (Å²) >= 11 is 3.85. The van der Waals surface area contributed by atoms with E-state index in [9.17, 15) is 0 Å². The molecule has 2 unspecified atom stereocenters. The second kappa shape index (κ2) is 5.88. The molecule has 0 aliphatic carbocycles. The Morgan fingerprint density at radius 3 is 2.80 bits per heavy atom. The maximum atomic E-state index is 4.69. The van der Waals surface area contributed by atoms with Crippen molar-refractivity contribution in [3.63, 3.8) is 0 Å². The Balaban J connectivity index is 1.72. The highest BCUT2D eigenvalue weighted by molar-refractivity contribution is 8.00. The summed E-state index contributed by atoms with van der Waals surface area (Å²) in [4.78, 5) is 7.48. The molecule has 3 rings (SSSR count). The van der Waals surface area contributed by atoms with Gasteiger partial charge in [-0.05, 0) is 38.9 Å². The predicted octanol–water partition coefficient (Wildman–Crippen LogP) is 3.61. The number of aromatic nitrogens is 1. The summed E-state index contributed by atoms with van der Waals surface area (Å²) in [5, 5.41) is 5.37. The number of rotatable bonds is 4. The normalized spacial score (nSPS) is 19.1. The van der Waals surface area contributed by atoms with Crippen LogP contribution in [0.2, 0.25) is 0 Å². The number of fused-ring (bicyclic) bond motifs is 1. The van der Waals surface area contributed by atoms with Crippen molar-refractivity contribution < 1.29 is 0 Å². The highest BCUT2D eigenvalue weighted by atomic mass is 32.2. The van der Waals surface area contributed by atoms with Crippen LogP contribution in [0.5, 0.6) is 0 Å². The average Bonchev–Trinajstić information content (AvgIpc) is 3.00. The van der Waals surface area contributed by atoms with E-state index in [0.717, 1.165) is 12.8 Å². The number of nitrogens with one attached hydrogen (secondary N) is 1. The molecule has 0 fully saturated rings. The summed E-state index contributed by atoms with van der Waals surface area (Å²) in [6, 6.07) is 9.26. The standard InChI is InChI=1S/C16H20N2S2/c1-10-11(2)19-16(18-10)9-13(17-3)15-8-12-6-4-5-7-14(12)20-15/h4-7,13,15,17H,8-9H2,1-3H3. The van der Waals surface area contributed by atoms with Crippen molar-refractivity contribution in [3.05, 3.63) is 45.4 Å². The molecule has 0 saturated heterocycles. The zero-order chi connectivity index (χ0) is 14.1. The number of hydrogen-bond acceptors (Lipinski definition) is 4. The fraction of sp³-hybridized carbons (Fsp3) is 0.438. The minimum Gasteiger partial charge on any atom is -0.315 e. The molecule has 1 aliphatic heterocycles. The van der Waals surface area contributed by atoms with Crippen molar-refractivity contribution in [2.45, 2.75) is 42.9 Å². The number of benzene rings is 1. The van der Waals surface area contributed by atoms with Crippen molar-refractivity contribution >= 4 is 23.1 Å². The Bertz CT molecular complexity index is 562. The van der Waals surface area contributed by atoms with Crippen LogP contribution in [0.1, 0.15) is 21.1 Å². The van der Waals surface area contributed by atoms with Gasteiger partial charge in [-0.1, -0.05) is 18.2 Å². The maximum absolute atomic E-state index is 4.69. The Hall–Kier alpha value is -0.840. The van der Waals surface area contributed by atoms with E-state index in [2.05, 4.69) is 55.5 Å². The van der Waals surface area contributed by atoms with Crippen LogP contribution in [0.15, 0.2) is 29.2 Å². The third-order valence-electron chi connectivity index (χ3n) is 3.96. The van der Waals surface area contributed by atoms with Gasteiger partial charge in [0.15, 0.2) is 0 Å². The first-order valence-electron chi connectivity index (χ1n) is 7.02. The molecule has 1 aromatic carbocycles. The fourth-order valence-corrected chi connectivity index (χ4v) is 5.11. The molecule has 0 bridgehead atoms. The SMILES string of the molecule is CNC(Cc1nc(C)c(C)s1)C1Cc2ccccc2S1. The molecule has 2 heterocycles. The van der Waals surface area contributed by atoms with E-state index in [1.165, 1.54) is 26.0 Å². The summed E-state index contributed by atoms with van der Waals surface area (Å²) in [6.45, 7) is 4.26. The van der Waals surface area contributed by atoms with Gasteiger partial charge in [0.25, 0.3) is 0 Å². The highest BCUT2D eigenvalue weighted by Gasteiger charge is 2.29. The summed E-state index contributed by atoms with van der Waals surface area (Å²) in [5.41, 5.74) is 2.68. The Morgan fingerprint density at radius 2 is 2.15 bits per heavy atom. The zero-order valence-corrected chi connectivity index (χ0v) is 13.8. The van der Waals surface area contributed by atoms with Gasteiger partial charge in [0.1, 0.15) is 0 Å². The molecular weight excluding hydrogens is 284 g/mol. The largest absolute Gasteiger partial charge is 0.315 e. The molecule has 0 saturated carbocycles. The third-order valence-corrected chi connectivity index (χ3v) is 6.50. The van der Waals surface area contributed by atoms with Gasteiger partial charge in [0.2, 0.25) is 0 Å². The summed E-state index contributed by atoms with van der Waals surface area (Å²) in [7, 11) is 2.07. The van der Waals surface area contributed by atoms with Gasteiger partial charge in [0, 0.05) is 27.5 Å². The lowest BCUT2D eigenvalue weighted by atomic mass is 10.0. The monoisotopic (exact) mass is 304 g/mol. The van der Waals surface area contributed by atoms with E-state index in [-0.39, 0.29) is 0 Å². The lowest BCUT2D eigenvalue weighted by Crippen LogP contribution is -2.37. The molecule has 2 aromatic rings. The molecule has 1 aromatic heterocycles. The summed E-state index contributed by atoms with van der Waals surface area (Å²) in [5.74, 6) is 0. The van der Waals surface area contributed by atoms with Crippen LogP contribution >= 0.6 is 23.1 Å². The van der Waals surface area contributed by atoms with Crippen molar-refractivity contribution in [2.75, 3.05) is 7.05 Å². The summed E-state index contributed by atoms with van der Waals surface area (Å²) < 4.78 is 0. The number of nitrogens with zero attached hydrogens (tertiary/aromatic N) is 1. The molecule has 106 valence electrons. The third kappa shape index (κ3) is 2.78. The van der Waals surface area contributed by atoms with Gasteiger partial charge < -0.3 is 5.32 Å². The van der Waals surface area contributed by atoms with E-state index in [1.54, 1.807) is 0 Å². The number of aryl methyl sites for hydroxylation is 2.